The molecule has 2 fully saturated rings. The van der Waals surface area contributed by atoms with Crippen LogP contribution >= 0.6 is 23.2 Å². The second kappa shape index (κ2) is 9.52. The van der Waals surface area contributed by atoms with Gasteiger partial charge in [-0.25, -0.2) is 15.0 Å². The number of fused-ring (bicyclic) bond motifs is 1. The largest absolute Gasteiger partial charge is 0.354 e. The molecule has 4 aromatic rings. The van der Waals surface area contributed by atoms with Crippen LogP contribution in [0.1, 0.15) is 26.7 Å². The number of hydrogen-bond acceptors (Lipinski definition) is 6. The number of carbonyl (C=O) groups is 1. The summed E-state index contributed by atoms with van der Waals surface area (Å²) >= 11 is 12.8. The molecule has 38 heavy (non-hydrogen) atoms. The SMILES string of the molecule is CC(C)N1CN(C)C(=O)C12CCN(c1ncnc3c1nc(-c1ccccc1Cl)n3-c1ccc(Cl)cc1)CC2. The summed E-state index contributed by atoms with van der Waals surface area (Å²) < 4.78 is 2.00. The lowest BCUT2D eigenvalue weighted by molar-refractivity contribution is -0.134. The van der Waals surface area contributed by atoms with Crippen molar-refractivity contribution in [3.05, 3.63) is 64.9 Å². The Labute approximate surface area is 231 Å². The first-order chi connectivity index (χ1) is 18.3. The van der Waals surface area contributed by atoms with Gasteiger partial charge < -0.3 is 9.80 Å². The second-order valence-corrected chi connectivity index (χ2v) is 11.2. The van der Waals surface area contributed by atoms with Crippen molar-refractivity contribution in [1.82, 2.24) is 29.3 Å². The third kappa shape index (κ3) is 3.94. The van der Waals surface area contributed by atoms with Crippen molar-refractivity contribution in [1.29, 1.82) is 0 Å². The van der Waals surface area contributed by atoms with Crippen LogP contribution in [0.4, 0.5) is 5.82 Å². The minimum atomic E-state index is -0.461. The molecule has 0 bridgehead atoms. The molecule has 0 saturated carbocycles. The highest BCUT2D eigenvalue weighted by atomic mass is 35.5. The van der Waals surface area contributed by atoms with Crippen molar-refractivity contribution < 1.29 is 4.79 Å². The Kier molecular flexibility index (Phi) is 6.29. The number of amides is 1. The summed E-state index contributed by atoms with van der Waals surface area (Å²) in [6.45, 7) is 6.39. The highest BCUT2D eigenvalue weighted by Gasteiger charge is 2.53. The highest BCUT2D eigenvalue weighted by Crippen LogP contribution is 2.40. The third-order valence-corrected chi connectivity index (χ3v) is 8.38. The first kappa shape index (κ1) is 25.1. The van der Waals surface area contributed by atoms with Crippen molar-refractivity contribution in [3.8, 4) is 17.1 Å². The van der Waals surface area contributed by atoms with Gasteiger partial charge in [0.2, 0.25) is 5.91 Å². The van der Waals surface area contributed by atoms with Crippen molar-refractivity contribution in [3.63, 3.8) is 0 Å². The molecule has 0 N–H and O–H groups in total. The molecule has 2 aromatic carbocycles. The van der Waals surface area contributed by atoms with E-state index in [0.29, 0.717) is 46.8 Å². The quantitative estimate of drug-likeness (QED) is 0.345. The Morgan fingerprint density at radius 3 is 2.37 bits per heavy atom. The first-order valence-electron chi connectivity index (χ1n) is 12.8. The smallest absolute Gasteiger partial charge is 0.244 e. The van der Waals surface area contributed by atoms with Crippen LogP contribution in [0.3, 0.4) is 0 Å². The lowest BCUT2D eigenvalue weighted by Gasteiger charge is -2.44. The van der Waals surface area contributed by atoms with Gasteiger partial charge in [0.25, 0.3) is 0 Å². The molecular weight excluding hydrogens is 521 g/mol. The van der Waals surface area contributed by atoms with Crippen molar-refractivity contribution in [2.75, 3.05) is 31.7 Å². The number of likely N-dealkylation sites (N-methyl/N-ethyl adjacent to an activating group) is 1. The fourth-order valence-corrected chi connectivity index (χ4v) is 6.27. The lowest BCUT2D eigenvalue weighted by atomic mass is 9.85. The van der Waals surface area contributed by atoms with Gasteiger partial charge in [0.05, 0.1) is 11.7 Å². The van der Waals surface area contributed by atoms with Gasteiger partial charge in [-0.1, -0.05) is 35.3 Å². The van der Waals surface area contributed by atoms with Gasteiger partial charge in [0.1, 0.15) is 17.7 Å². The molecule has 0 unspecified atom stereocenters. The minimum absolute atomic E-state index is 0.215. The summed E-state index contributed by atoms with van der Waals surface area (Å²) in [7, 11) is 1.90. The van der Waals surface area contributed by atoms with Gasteiger partial charge >= 0.3 is 0 Å². The standard InChI is InChI=1S/C28H29Cl2N7O/c1-18(2)36-17-34(3)27(38)28(36)12-14-35(15-13-28)25-23-26(32-16-31-25)37(20-10-8-19(29)9-11-20)24(33-23)21-6-4-5-7-22(21)30/h4-11,16,18H,12-15,17H2,1-3H3. The molecule has 0 radical (unpaired) electrons. The molecule has 2 aliphatic rings. The van der Waals surface area contributed by atoms with Crippen LogP contribution in [0.2, 0.25) is 10.0 Å². The molecule has 8 nitrogen and oxygen atoms in total. The molecule has 196 valence electrons. The van der Waals surface area contributed by atoms with Crippen LogP contribution in [0.25, 0.3) is 28.2 Å². The molecule has 4 heterocycles. The molecule has 10 heteroatoms. The highest BCUT2D eigenvalue weighted by molar-refractivity contribution is 6.33. The number of hydrogen-bond donors (Lipinski definition) is 0. The monoisotopic (exact) mass is 549 g/mol. The van der Waals surface area contributed by atoms with Crippen molar-refractivity contribution in [2.24, 2.45) is 0 Å². The maximum Gasteiger partial charge on any atom is 0.244 e. The summed E-state index contributed by atoms with van der Waals surface area (Å²) in [5.74, 6) is 1.66. The van der Waals surface area contributed by atoms with Crippen molar-refractivity contribution >= 4 is 46.1 Å². The van der Waals surface area contributed by atoms with E-state index in [1.165, 1.54) is 0 Å². The first-order valence-corrected chi connectivity index (χ1v) is 13.6. The third-order valence-electron chi connectivity index (χ3n) is 7.80. The fraction of sp³-hybridized carbons (Fsp3) is 0.357. The van der Waals surface area contributed by atoms with Crippen LogP contribution < -0.4 is 4.90 Å². The average molecular weight is 550 g/mol. The van der Waals surface area contributed by atoms with E-state index in [0.717, 1.165) is 29.9 Å². The Hall–Kier alpha value is -3.20. The Morgan fingerprint density at radius 2 is 1.68 bits per heavy atom. The zero-order valence-corrected chi connectivity index (χ0v) is 23.1. The molecule has 2 aliphatic heterocycles. The number of imidazole rings is 1. The summed E-state index contributed by atoms with van der Waals surface area (Å²) in [5.41, 5.74) is 2.60. The topological polar surface area (TPSA) is 70.4 Å². The molecule has 0 aliphatic carbocycles. The minimum Gasteiger partial charge on any atom is -0.354 e. The molecule has 1 spiro atoms. The van der Waals surface area contributed by atoms with Gasteiger partial charge in [0.15, 0.2) is 17.0 Å². The summed E-state index contributed by atoms with van der Waals surface area (Å²) in [6.07, 6.45) is 3.05. The van der Waals surface area contributed by atoms with Gasteiger partial charge in [-0.2, -0.15) is 0 Å². The number of benzene rings is 2. The fourth-order valence-electron chi connectivity index (χ4n) is 5.92. The van der Waals surface area contributed by atoms with E-state index < -0.39 is 5.54 Å². The number of halogens is 2. The van der Waals surface area contributed by atoms with Crippen molar-refractivity contribution in [2.45, 2.75) is 38.3 Å². The Bertz CT molecular complexity index is 1510. The van der Waals surface area contributed by atoms with Crippen LogP contribution in [0.15, 0.2) is 54.9 Å². The second-order valence-electron chi connectivity index (χ2n) is 10.3. The molecule has 1 amide bonds. The number of piperidine rings is 1. The number of anilines is 1. The predicted molar refractivity (Wildman–Crippen MR) is 151 cm³/mol. The molecule has 6 rings (SSSR count). The van der Waals surface area contributed by atoms with E-state index in [9.17, 15) is 4.79 Å². The normalized spacial score (nSPS) is 17.9. The lowest BCUT2D eigenvalue weighted by Crippen LogP contribution is -2.58. The van der Waals surface area contributed by atoms with Gasteiger partial charge in [-0.15, -0.1) is 0 Å². The average Bonchev–Trinajstić information content (AvgIpc) is 3.41. The maximum absolute atomic E-state index is 13.3. The predicted octanol–water partition coefficient (Wildman–Crippen LogP) is 5.27. The van der Waals surface area contributed by atoms with E-state index in [1.807, 2.05) is 65.0 Å². The molecule has 2 aromatic heterocycles. The van der Waals surface area contributed by atoms with Gasteiger partial charge in [-0.05, 0) is 63.1 Å². The van der Waals surface area contributed by atoms with Gasteiger partial charge in [0, 0.05) is 42.5 Å². The zero-order chi connectivity index (χ0) is 26.6. The Balaban J connectivity index is 1.44. The molecular formula is C28H29Cl2N7O. The molecule has 2 saturated heterocycles. The van der Waals surface area contributed by atoms with E-state index in [2.05, 4.69) is 33.6 Å². The number of rotatable bonds is 4. The van der Waals surface area contributed by atoms with E-state index in [1.54, 1.807) is 6.33 Å². The maximum atomic E-state index is 13.3. The number of aromatic nitrogens is 4. The Morgan fingerprint density at radius 1 is 0.974 bits per heavy atom. The number of carbonyl (C=O) groups excluding carboxylic acids is 1. The van der Waals surface area contributed by atoms with E-state index in [4.69, 9.17) is 28.2 Å². The van der Waals surface area contributed by atoms with E-state index in [-0.39, 0.29) is 11.9 Å². The molecule has 0 atom stereocenters. The summed E-state index contributed by atoms with van der Waals surface area (Å²) in [6, 6.07) is 15.5. The van der Waals surface area contributed by atoms with Crippen LogP contribution in [-0.4, -0.2) is 73.6 Å². The van der Waals surface area contributed by atoms with Crippen LogP contribution in [0.5, 0.6) is 0 Å². The number of nitrogens with zero attached hydrogens (tertiary/aromatic N) is 7. The van der Waals surface area contributed by atoms with Gasteiger partial charge in [-0.3, -0.25) is 14.3 Å². The van der Waals surface area contributed by atoms with Crippen LogP contribution in [0, 0.1) is 0 Å². The summed E-state index contributed by atoms with van der Waals surface area (Å²) in [4.78, 5) is 34.1. The van der Waals surface area contributed by atoms with E-state index >= 15 is 0 Å². The van der Waals surface area contributed by atoms with Crippen LogP contribution in [-0.2, 0) is 4.79 Å². The summed E-state index contributed by atoms with van der Waals surface area (Å²) in [5, 5.41) is 1.25. The zero-order valence-electron chi connectivity index (χ0n) is 21.6.